The van der Waals surface area contributed by atoms with Gasteiger partial charge in [-0.3, -0.25) is 4.98 Å². The van der Waals surface area contributed by atoms with E-state index in [0.29, 0.717) is 23.8 Å². The van der Waals surface area contributed by atoms with Crippen LogP contribution >= 0.6 is 0 Å². The first-order valence-corrected chi connectivity index (χ1v) is 7.14. The first-order valence-electron chi connectivity index (χ1n) is 7.14. The van der Waals surface area contributed by atoms with Gasteiger partial charge in [-0.05, 0) is 37.1 Å². The number of hydrogen-bond donors (Lipinski definition) is 1. The fourth-order valence-electron chi connectivity index (χ4n) is 1.96. The summed E-state index contributed by atoms with van der Waals surface area (Å²) in [6.45, 7) is 7.61. The van der Waals surface area contributed by atoms with E-state index in [1.165, 1.54) is 0 Å². The number of ether oxygens (including phenoxy) is 1. The molecular formula is C17H21FN2O. The van der Waals surface area contributed by atoms with E-state index in [1.807, 2.05) is 6.07 Å². The van der Waals surface area contributed by atoms with E-state index in [0.717, 1.165) is 12.1 Å². The van der Waals surface area contributed by atoms with E-state index in [1.54, 1.807) is 37.5 Å². The van der Waals surface area contributed by atoms with Gasteiger partial charge in [-0.1, -0.05) is 26.0 Å². The number of aryl methyl sites for hydroxylation is 1. The zero-order valence-corrected chi connectivity index (χ0v) is 12.7. The molecule has 1 aromatic carbocycles. The van der Waals surface area contributed by atoms with Crippen molar-refractivity contribution >= 4 is 0 Å². The van der Waals surface area contributed by atoms with Crippen LogP contribution in [0.1, 0.15) is 25.0 Å². The lowest BCUT2D eigenvalue weighted by Crippen LogP contribution is -2.19. The van der Waals surface area contributed by atoms with Crippen molar-refractivity contribution in [1.29, 1.82) is 0 Å². The molecule has 0 unspecified atom stereocenters. The molecule has 2 rings (SSSR count). The molecule has 0 spiro atoms. The highest BCUT2D eigenvalue weighted by molar-refractivity contribution is 5.38. The predicted octanol–water partition coefficient (Wildman–Crippen LogP) is 4.07. The van der Waals surface area contributed by atoms with Gasteiger partial charge in [0.25, 0.3) is 0 Å². The Morgan fingerprint density at radius 3 is 2.81 bits per heavy atom. The van der Waals surface area contributed by atoms with Crippen molar-refractivity contribution in [1.82, 2.24) is 10.3 Å². The standard InChI is InChI=1S/C17H21FN2O/c1-12(2)9-20-10-14-7-8-19-11-16(14)21-15-6-4-5-13(3)17(15)18/h4-8,11-12,20H,9-10H2,1-3H3. The topological polar surface area (TPSA) is 34.1 Å². The summed E-state index contributed by atoms with van der Waals surface area (Å²) in [5, 5.41) is 3.35. The molecule has 0 saturated carbocycles. The van der Waals surface area contributed by atoms with Crippen molar-refractivity contribution in [2.24, 2.45) is 5.92 Å². The van der Waals surface area contributed by atoms with Crippen LogP contribution in [0.4, 0.5) is 4.39 Å². The fourth-order valence-corrected chi connectivity index (χ4v) is 1.96. The molecule has 2 aromatic rings. The second-order valence-corrected chi connectivity index (χ2v) is 5.50. The lowest BCUT2D eigenvalue weighted by atomic mass is 10.2. The van der Waals surface area contributed by atoms with Crippen molar-refractivity contribution < 1.29 is 9.13 Å². The van der Waals surface area contributed by atoms with E-state index >= 15 is 0 Å². The number of pyridine rings is 1. The Labute approximate surface area is 125 Å². The van der Waals surface area contributed by atoms with Crippen LogP contribution in [0.3, 0.4) is 0 Å². The summed E-state index contributed by atoms with van der Waals surface area (Å²) < 4.78 is 19.7. The molecule has 1 N–H and O–H groups in total. The second kappa shape index (κ2) is 7.18. The van der Waals surface area contributed by atoms with Crippen LogP contribution in [0.2, 0.25) is 0 Å². The predicted molar refractivity (Wildman–Crippen MR) is 82.0 cm³/mol. The molecule has 1 aromatic heterocycles. The Kier molecular flexibility index (Phi) is 5.28. The van der Waals surface area contributed by atoms with Gasteiger partial charge < -0.3 is 10.1 Å². The average molecular weight is 288 g/mol. The van der Waals surface area contributed by atoms with Gasteiger partial charge in [0.2, 0.25) is 0 Å². The van der Waals surface area contributed by atoms with Crippen LogP contribution in [0.5, 0.6) is 11.5 Å². The fraction of sp³-hybridized carbons (Fsp3) is 0.353. The molecule has 0 saturated heterocycles. The molecule has 0 fully saturated rings. The normalized spacial score (nSPS) is 10.9. The highest BCUT2D eigenvalue weighted by atomic mass is 19.1. The van der Waals surface area contributed by atoms with E-state index < -0.39 is 0 Å². The number of nitrogens with zero attached hydrogens (tertiary/aromatic N) is 1. The number of nitrogens with one attached hydrogen (secondary N) is 1. The van der Waals surface area contributed by atoms with Crippen LogP contribution in [0.15, 0.2) is 36.7 Å². The summed E-state index contributed by atoms with van der Waals surface area (Å²) in [6, 6.07) is 7.01. The molecule has 0 aliphatic rings. The van der Waals surface area contributed by atoms with Gasteiger partial charge in [0.1, 0.15) is 5.75 Å². The number of rotatable bonds is 6. The monoisotopic (exact) mass is 288 g/mol. The summed E-state index contributed by atoms with van der Waals surface area (Å²) in [6.07, 6.45) is 3.33. The van der Waals surface area contributed by atoms with Gasteiger partial charge >= 0.3 is 0 Å². The van der Waals surface area contributed by atoms with Crippen molar-refractivity contribution in [2.75, 3.05) is 6.54 Å². The number of halogens is 1. The Morgan fingerprint density at radius 1 is 1.24 bits per heavy atom. The van der Waals surface area contributed by atoms with Crippen molar-refractivity contribution in [3.63, 3.8) is 0 Å². The van der Waals surface area contributed by atoms with Crippen molar-refractivity contribution in [3.05, 3.63) is 53.6 Å². The number of benzene rings is 1. The summed E-state index contributed by atoms with van der Waals surface area (Å²) in [5.41, 5.74) is 1.53. The smallest absolute Gasteiger partial charge is 0.168 e. The van der Waals surface area contributed by atoms with Gasteiger partial charge in [-0.25, -0.2) is 4.39 Å². The van der Waals surface area contributed by atoms with Crippen molar-refractivity contribution in [3.8, 4) is 11.5 Å². The summed E-state index contributed by atoms with van der Waals surface area (Å²) >= 11 is 0. The van der Waals surface area contributed by atoms with Gasteiger partial charge in [0.15, 0.2) is 11.6 Å². The highest BCUT2D eigenvalue weighted by Crippen LogP contribution is 2.28. The molecule has 3 nitrogen and oxygen atoms in total. The van der Waals surface area contributed by atoms with Crippen LogP contribution < -0.4 is 10.1 Å². The zero-order chi connectivity index (χ0) is 15.2. The Hall–Kier alpha value is -1.94. The number of hydrogen-bond acceptors (Lipinski definition) is 3. The first-order chi connectivity index (χ1) is 10.1. The van der Waals surface area contributed by atoms with Crippen LogP contribution in [0.25, 0.3) is 0 Å². The SMILES string of the molecule is Cc1cccc(Oc2cnccc2CNCC(C)C)c1F. The minimum atomic E-state index is -0.331. The highest BCUT2D eigenvalue weighted by Gasteiger charge is 2.10. The average Bonchev–Trinajstić information content (AvgIpc) is 2.45. The molecule has 0 bridgehead atoms. The molecule has 1 heterocycles. The van der Waals surface area contributed by atoms with E-state index in [-0.39, 0.29) is 11.6 Å². The van der Waals surface area contributed by atoms with E-state index in [4.69, 9.17) is 4.74 Å². The largest absolute Gasteiger partial charge is 0.452 e. The van der Waals surface area contributed by atoms with Crippen LogP contribution in [0, 0.1) is 18.7 Å². The molecule has 112 valence electrons. The maximum atomic E-state index is 14.0. The Balaban J connectivity index is 2.14. The third kappa shape index (κ3) is 4.26. The minimum absolute atomic E-state index is 0.230. The molecule has 0 atom stereocenters. The third-order valence-electron chi connectivity index (χ3n) is 3.11. The van der Waals surface area contributed by atoms with Gasteiger partial charge in [0, 0.05) is 18.3 Å². The molecule has 4 heteroatoms. The first kappa shape index (κ1) is 15.4. The van der Waals surface area contributed by atoms with Crippen LogP contribution in [-0.4, -0.2) is 11.5 Å². The zero-order valence-electron chi connectivity index (χ0n) is 12.7. The lowest BCUT2D eigenvalue weighted by molar-refractivity contribution is 0.430. The van der Waals surface area contributed by atoms with E-state index in [9.17, 15) is 4.39 Å². The Bertz CT molecular complexity index is 599. The van der Waals surface area contributed by atoms with Gasteiger partial charge in [-0.2, -0.15) is 0 Å². The second-order valence-electron chi connectivity index (χ2n) is 5.50. The third-order valence-corrected chi connectivity index (χ3v) is 3.11. The maximum Gasteiger partial charge on any atom is 0.168 e. The number of aromatic nitrogens is 1. The molecular weight excluding hydrogens is 267 g/mol. The quantitative estimate of drug-likeness (QED) is 0.870. The molecule has 21 heavy (non-hydrogen) atoms. The van der Waals surface area contributed by atoms with Crippen LogP contribution in [-0.2, 0) is 6.54 Å². The van der Waals surface area contributed by atoms with Crippen molar-refractivity contribution in [2.45, 2.75) is 27.3 Å². The maximum absolute atomic E-state index is 14.0. The summed E-state index contributed by atoms with van der Waals surface area (Å²) in [4.78, 5) is 4.06. The molecule has 0 aliphatic carbocycles. The van der Waals surface area contributed by atoms with Gasteiger partial charge in [0.05, 0.1) is 6.20 Å². The summed E-state index contributed by atoms with van der Waals surface area (Å²) in [5.74, 6) is 1.05. The van der Waals surface area contributed by atoms with Gasteiger partial charge in [-0.15, -0.1) is 0 Å². The summed E-state index contributed by atoms with van der Waals surface area (Å²) in [7, 11) is 0. The molecule has 0 aliphatic heterocycles. The lowest BCUT2D eigenvalue weighted by Gasteiger charge is -2.13. The Morgan fingerprint density at radius 2 is 2.05 bits per heavy atom. The molecule has 0 amide bonds. The van der Waals surface area contributed by atoms with E-state index in [2.05, 4.69) is 24.1 Å². The minimum Gasteiger partial charge on any atom is -0.452 e. The molecule has 0 radical (unpaired) electrons.